The third kappa shape index (κ3) is 5.14. The van der Waals surface area contributed by atoms with E-state index in [1.165, 1.54) is 6.07 Å². The molecular weight excluding hydrogens is 261 g/mol. The zero-order chi connectivity index (χ0) is 15.1. The van der Waals surface area contributed by atoms with Crippen LogP contribution in [0.2, 0.25) is 0 Å². The van der Waals surface area contributed by atoms with Gasteiger partial charge in [-0.15, -0.1) is 0 Å². The van der Waals surface area contributed by atoms with E-state index in [4.69, 9.17) is 15.7 Å². The molecule has 0 unspecified atom stereocenters. The van der Waals surface area contributed by atoms with Crippen molar-refractivity contribution in [3.8, 4) is 0 Å². The quantitative estimate of drug-likeness (QED) is 0.346. The smallest absolute Gasteiger partial charge is 0.170 e. The molecule has 3 N–H and O–H groups in total. The maximum absolute atomic E-state index is 13.9. The van der Waals surface area contributed by atoms with Gasteiger partial charge in [0.15, 0.2) is 5.84 Å². The minimum Gasteiger partial charge on any atom is -0.409 e. The van der Waals surface area contributed by atoms with Gasteiger partial charge in [-0.05, 0) is 27.0 Å². The van der Waals surface area contributed by atoms with E-state index >= 15 is 0 Å². The number of nitrogens with zero attached hydrogens (tertiary/aromatic N) is 2. The van der Waals surface area contributed by atoms with Gasteiger partial charge in [0.1, 0.15) is 5.82 Å². The highest BCUT2D eigenvalue weighted by atomic mass is 19.1. The molecule has 1 rings (SSSR count). The summed E-state index contributed by atoms with van der Waals surface area (Å²) in [5.74, 6) is -0.472. The average Bonchev–Trinajstić information content (AvgIpc) is 2.39. The summed E-state index contributed by atoms with van der Waals surface area (Å²) in [7, 11) is 1.90. The molecule has 0 atom stereocenters. The standard InChI is InChI=1S/C14H22FN3O2/c1-10(2)20-7-6-18(3)9-12-5-4-11(8-13(12)15)14(16)17-19/h4-5,8,10,19H,6-7,9H2,1-3H3,(H2,16,17). The maximum Gasteiger partial charge on any atom is 0.170 e. The number of ether oxygens (including phenoxy) is 1. The molecule has 0 radical (unpaired) electrons. The third-order valence-electron chi connectivity index (χ3n) is 2.82. The van der Waals surface area contributed by atoms with Crippen molar-refractivity contribution >= 4 is 5.84 Å². The normalized spacial score (nSPS) is 12.4. The molecule has 0 aliphatic carbocycles. The lowest BCUT2D eigenvalue weighted by Crippen LogP contribution is -2.24. The Bertz CT molecular complexity index is 464. The molecule has 5 nitrogen and oxygen atoms in total. The lowest BCUT2D eigenvalue weighted by Gasteiger charge is -2.18. The molecule has 0 bridgehead atoms. The van der Waals surface area contributed by atoms with Crippen LogP contribution in [0.25, 0.3) is 0 Å². The van der Waals surface area contributed by atoms with E-state index < -0.39 is 0 Å². The van der Waals surface area contributed by atoms with E-state index in [9.17, 15) is 4.39 Å². The lowest BCUT2D eigenvalue weighted by atomic mass is 10.1. The Morgan fingerprint density at radius 3 is 2.75 bits per heavy atom. The number of halogens is 1. The first kappa shape index (κ1) is 16.4. The molecule has 0 saturated carbocycles. The summed E-state index contributed by atoms with van der Waals surface area (Å²) < 4.78 is 19.4. The highest BCUT2D eigenvalue weighted by Gasteiger charge is 2.09. The van der Waals surface area contributed by atoms with Crippen molar-refractivity contribution in [3.05, 3.63) is 35.1 Å². The minimum atomic E-state index is -0.370. The molecule has 0 saturated heterocycles. The molecular formula is C14H22FN3O2. The van der Waals surface area contributed by atoms with Crippen molar-refractivity contribution in [2.45, 2.75) is 26.5 Å². The summed E-state index contributed by atoms with van der Waals surface area (Å²) >= 11 is 0. The average molecular weight is 283 g/mol. The molecule has 1 aromatic carbocycles. The van der Waals surface area contributed by atoms with Gasteiger partial charge in [-0.2, -0.15) is 0 Å². The SMILES string of the molecule is CC(C)OCCN(C)Cc1ccc(/C(N)=N/O)cc1F. The predicted molar refractivity (Wildman–Crippen MR) is 76.3 cm³/mol. The Morgan fingerprint density at radius 2 is 2.20 bits per heavy atom. The van der Waals surface area contributed by atoms with Gasteiger partial charge in [-0.1, -0.05) is 17.3 Å². The summed E-state index contributed by atoms with van der Waals surface area (Å²) in [6.45, 7) is 5.76. The van der Waals surface area contributed by atoms with E-state index in [-0.39, 0.29) is 17.8 Å². The molecule has 112 valence electrons. The number of rotatable bonds is 7. The lowest BCUT2D eigenvalue weighted by molar-refractivity contribution is 0.0625. The summed E-state index contributed by atoms with van der Waals surface area (Å²) in [5.41, 5.74) is 6.34. The fraction of sp³-hybridized carbons (Fsp3) is 0.500. The van der Waals surface area contributed by atoms with E-state index in [0.29, 0.717) is 24.3 Å². The Kier molecular flexibility index (Phi) is 6.41. The van der Waals surface area contributed by atoms with Gasteiger partial charge >= 0.3 is 0 Å². The van der Waals surface area contributed by atoms with Crippen LogP contribution in [0.15, 0.2) is 23.4 Å². The molecule has 0 aromatic heterocycles. The van der Waals surface area contributed by atoms with Crippen LogP contribution in [-0.2, 0) is 11.3 Å². The van der Waals surface area contributed by atoms with Crippen LogP contribution in [0.5, 0.6) is 0 Å². The Morgan fingerprint density at radius 1 is 1.50 bits per heavy atom. The Hall–Kier alpha value is -1.66. The molecule has 6 heteroatoms. The Labute approximate surface area is 118 Å². The summed E-state index contributed by atoms with van der Waals surface area (Å²) in [6, 6.07) is 4.54. The summed E-state index contributed by atoms with van der Waals surface area (Å²) in [6.07, 6.45) is 0.195. The molecule has 0 spiro atoms. The maximum atomic E-state index is 13.9. The first-order chi connectivity index (χ1) is 9.43. The number of hydrogen-bond acceptors (Lipinski definition) is 4. The van der Waals surface area contributed by atoms with E-state index in [0.717, 1.165) is 6.54 Å². The molecule has 0 aliphatic heterocycles. The number of likely N-dealkylation sites (N-methyl/N-ethyl adjacent to an activating group) is 1. The number of amidine groups is 1. The second-order valence-corrected chi connectivity index (χ2v) is 4.95. The number of oxime groups is 1. The predicted octanol–water partition coefficient (Wildman–Crippen LogP) is 1.78. The fourth-order valence-electron chi connectivity index (χ4n) is 1.71. The van der Waals surface area contributed by atoms with E-state index in [1.807, 2.05) is 25.8 Å². The van der Waals surface area contributed by atoms with Crippen molar-refractivity contribution in [1.29, 1.82) is 0 Å². The topological polar surface area (TPSA) is 71.1 Å². The molecule has 0 aliphatic rings. The second-order valence-electron chi connectivity index (χ2n) is 4.95. The number of nitrogens with two attached hydrogens (primary N) is 1. The van der Waals surface area contributed by atoms with Crippen LogP contribution in [0.4, 0.5) is 4.39 Å². The molecule has 0 fully saturated rings. The fourth-order valence-corrected chi connectivity index (χ4v) is 1.71. The zero-order valence-electron chi connectivity index (χ0n) is 12.1. The van der Waals surface area contributed by atoms with Crippen molar-refractivity contribution in [3.63, 3.8) is 0 Å². The number of benzene rings is 1. The molecule has 0 amide bonds. The first-order valence-electron chi connectivity index (χ1n) is 6.50. The van der Waals surface area contributed by atoms with Crippen molar-refractivity contribution < 1.29 is 14.3 Å². The van der Waals surface area contributed by atoms with Gasteiger partial charge in [-0.25, -0.2) is 4.39 Å². The van der Waals surface area contributed by atoms with Crippen molar-refractivity contribution in [2.24, 2.45) is 10.9 Å². The van der Waals surface area contributed by atoms with Gasteiger partial charge < -0.3 is 15.7 Å². The second kappa shape index (κ2) is 7.81. The van der Waals surface area contributed by atoms with Crippen LogP contribution in [-0.4, -0.2) is 42.2 Å². The van der Waals surface area contributed by atoms with E-state index in [1.54, 1.807) is 12.1 Å². The summed E-state index contributed by atoms with van der Waals surface area (Å²) in [4.78, 5) is 1.98. The van der Waals surface area contributed by atoms with Crippen LogP contribution in [0.3, 0.4) is 0 Å². The molecule has 1 aromatic rings. The molecule has 20 heavy (non-hydrogen) atoms. The van der Waals surface area contributed by atoms with Crippen LogP contribution >= 0.6 is 0 Å². The summed E-state index contributed by atoms with van der Waals surface area (Å²) in [5, 5.41) is 11.4. The van der Waals surface area contributed by atoms with E-state index in [2.05, 4.69) is 5.16 Å². The van der Waals surface area contributed by atoms with Gasteiger partial charge in [0.05, 0.1) is 12.7 Å². The molecule has 0 heterocycles. The van der Waals surface area contributed by atoms with Crippen LogP contribution < -0.4 is 5.73 Å². The first-order valence-corrected chi connectivity index (χ1v) is 6.50. The van der Waals surface area contributed by atoms with Gasteiger partial charge in [0.25, 0.3) is 0 Å². The highest BCUT2D eigenvalue weighted by molar-refractivity contribution is 5.97. The van der Waals surface area contributed by atoms with Gasteiger partial charge in [0, 0.05) is 24.2 Å². The largest absolute Gasteiger partial charge is 0.409 e. The third-order valence-corrected chi connectivity index (χ3v) is 2.82. The van der Waals surface area contributed by atoms with Crippen molar-refractivity contribution in [2.75, 3.05) is 20.2 Å². The number of hydrogen-bond donors (Lipinski definition) is 2. The van der Waals surface area contributed by atoms with Gasteiger partial charge in [0.2, 0.25) is 0 Å². The monoisotopic (exact) mass is 283 g/mol. The Balaban J connectivity index is 2.60. The minimum absolute atomic E-state index is 0.103. The van der Waals surface area contributed by atoms with Crippen LogP contribution in [0, 0.1) is 5.82 Å². The highest BCUT2D eigenvalue weighted by Crippen LogP contribution is 2.12. The van der Waals surface area contributed by atoms with Gasteiger partial charge in [-0.3, -0.25) is 4.90 Å². The van der Waals surface area contributed by atoms with Crippen molar-refractivity contribution in [1.82, 2.24) is 4.90 Å². The zero-order valence-corrected chi connectivity index (χ0v) is 12.1. The van der Waals surface area contributed by atoms with Crippen LogP contribution in [0.1, 0.15) is 25.0 Å².